The molecule has 2 aromatic heterocycles. The van der Waals surface area contributed by atoms with Crippen LogP contribution in [-0.4, -0.2) is 35.6 Å². The van der Waals surface area contributed by atoms with Crippen LogP contribution in [0, 0.1) is 5.41 Å². The first-order valence-electron chi connectivity index (χ1n) is 5.73. The van der Waals surface area contributed by atoms with Gasteiger partial charge in [-0.25, -0.2) is 4.98 Å². The van der Waals surface area contributed by atoms with Gasteiger partial charge in [-0.1, -0.05) is 0 Å². The Hall–Kier alpha value is -1.55. The van der Waals surface area contributed by atoms with E-state index in [4.69, 9.17) is 0 Å². The number of imidazole rings is 1. The van der Waals surface area contributed by atoms with Gasteiger partial charge in [-0.05, 0) is 6.07 Å². The molecule has 0 aliphatic carbocycles. The quantitative estimate of drug-likeness (QED) is 0.760. The summed E-state index contributed by atoms with van der Waals surface area (Å²) >= 11 is 0. The molecule has 2 aliphatic heterocycles. The summed E-state index contributed by atoms with van der Waals surface area (Å²) in [6, 6.07) is 4.34. The fourth-order valence-corrected chi connectivity index (χ4v) is 2.74. The molecule has 1 spiro atoms. The molecular formula is C12H14N4. The van der Waals surface area contributed by atoms with Crippen LogP contribution in [0.4, 0.5) is 5.69 Å². The van der Waals surface area contributed by atoms with Gasteiger partial charge in [0.15, 0.2) is 0 Å². The molecular weight excluding hydrogens is 200 g/mol. The van der Waals surface area contributed by atoms with Crippen molar-refractivity contribution in [2.75, 3.05) is 31.1 Å². The topological polar surface area (TPSA) is 32.6 Å². The highest BCUT2D eigenvalue weighted by Crippen LogP contribution is 2.37. The van der Waals surface area contributed by atoms with Crippen molar-refractivity contribution < 1.29 is 0 Å². The van der Waals surface area contributed by atoms with Crippen molar-refractivity contribution in [3.63, 3.8) is 0 Å². The van der Waals surface area contributed by atoms with Gasteiger partial charge in [-0.15, -0.1) is 0 Å². The van der Waals surface area contributed by atoms with Crippen molar-refractivity contribution in [2.24, 2.45) is 5.41 Å². The van der Waals surface area contributed by atoms with Crippen LogP contribution < -0.4 is 10.2 Å². The zero-order valence-corrected chi connectivity index (χ0v) is 9.06. The fourth-order valence-electron chi connectivity index (χ4n) is 2.74. The number of nitrogens with zero attached hydrogens (tertiary/aromatic N) is 3. The van der Waals surface area contributed by atoms with Crippen LogP contribution in [0.1, 0.15) is 0 Å². The van der Waals surface area contributed by atoms with Crippen LogP contribution in [0.5, 0.6) is 0 Å². The second-order valence-electron chi connectivity index (χ2n) is 5.04. The maximum Gasteiger partial charge on any atom is 0.138 e. The number of rotatable bonds is 1. The maximum absolute atomic E-state index is 4.31. The molecule has 4 heteroatoms. The monoisotopic (exact) mass is 214 g/mol. The summed E-state index contributed by atoms with van der Waals surface area (Å²) in [6.07, 6.45) is 5.90. The average molecular weight is 214 g/mol. The minimum atomic E-state index is 0.585. The van der Waals surface area contributed by atoms with E-state index in [2.05, 4.69) is 33.5 Å². The molecule has 1 N–H and O–H groups in total. The number of fused-ring (bicyclic) bond motifs is 1. The van der Waals surface area contributed by atoms with Crippen LogP contribution in [0.3, 0.4) is 0 Å². The third-order valence-electron chi connectivity index (χ3n) is 3.80. The van der Waals surface area contributed by atoms with E-state index in [9.17, 15) is 0 Å². The van der Waals surface area contributed by atoms with Gasteiger partial charge in [0, 0.05) is 61.9 Å². The Morgan fingerprint density at radius 1 is 1.25 bits per heavy atom. The summed E-state index contributed by atoms with van der Waals surface area (Å²) in [4.78, 5) is 6.75. The number of aromatic nitrogens is 2. The van der Waals surface area contributed by atoms with E-state index in [0.29, 0.717) is 5.41 Å². The molecule has 0 aromatic carbocycles. The number of hydrogen-bond donors (Lipinski definition) is 1. The Balaban J connectivity index is 1.62. The summed E-state index contributed by atoms with van der Waals surface area (Å²) in [5.74, 6) is 0. The molecule has 4 nitrogen and oxygen atoms in total. The van der Waals surface area contributed by atoms with Crippen molar-refractivity contribution in [3.8, 4) is 0 Å². The zero-order chi connectivity index (χ0) is 10.6. The van der Waals surface area contributed by atoms with E-state index in [1.807, 2.05) is 16.8 Å². The highest BCUT2D eigenvalue weighted by atomic mass is 15.3. The Kier molecular flexibility index (Phi) is 1.48. The van der Waals surface area contributed by atoms with E-state index in [-0.39, 0.29) is 0 Å². The third kappa shape index (κ3) is 1.05. The van der Waals surface area contributed by atoms with Crippen LogP contribution in [0.15, 0.2) is 30.7 Å². The van der Waals surface area contributed by atoms with Crippen LogP contribution in [0.2, 0.25) is 0 Å². The maximum atomic E-state index is 4.31. The molecule has 2 aromatic rings. The van der Waals surface area contributed by atoms with Gasteiger partial charge in [-0.2, -0.15) is 0 Å². The first-order chi connectivity index (χ1) is 7.85. The van der Waals surface area contributed by atoms with Crippen LogP contribution in [-0.2, 0) is 0 Å². The van der Waals surface area contributed by atoms with Crippen molar-refractivity contribution >= 4 is 11.3 Å². The number of anilines is 1. The molecule has 2 aliphatic rings. The van der Waals surface area contributed by atoms with Gasteiger partial charge >= 0.3 is 0 Å². The van der Waals surface area contributed by atoms with E-state index in [1.54, 1.807) is 0 Å². The molecule has 16 heavy (non-hydrogen) atoms. The summed E-state index contributed by atoms with van der Waals surface area (Å²) in [6.45, 7) is 4.76. The van der Waals surface area contributed by atoms with E-state index in [1.165, 1.54) is 31.9 Å². The molecule has 82 valence electrons. The predicted octanol–water partition coefficient (Wildman–Crippen LogP) is 0.744. The Morgan fingerprint density at radius 3 is 2.88 bits per heavy atom. The highest BCUT2D eigenvalue weighted by molar-refractivity contribution is 5.58. The molecule has 0 saturated carbocycles. The minimum Gasteiger partial charge on any atom is -0.370 e. The molecule has 0 atom stereocenters. The largest absolute Gasteiger partial charge is 0.370 e. The highest BCUT2D eigenvalue weighted by Gasteiger charge is 2.47. The summed E-state index contributed by atoms with van der Waals surface area (Å²) in [5, 5.41) is 3.36. The lowest BCUT2D eigenvalue weighted by molar-refractivity contribution is 0.121. The third-order valence-corrected chi connectivity index (χ3v) is 3.80. The molecule has 0 unspecified atom stereocenters. The van der Waals surface area contributed by atoms with Gasteiger partial charge in [0.25, 0.3) is 0 Å². The number of nitrogens with one attached hydrogen (secondary N) is 1. The standard InChI is InChI=1S/C12H14N4/c1-3-15-4-2-14-11(15)5-10(1)16-8-12(9-16)6-13-7-12/h1-5,13H,6-9H2. The Bertz CT molecular complexity index is 533. The van der Waals surface area contributed by atoms with Crippen molar-refractivity contribution in [2.45, 2.75) is 0 Å². The van der Waals surface area contributed by atoms with E-state index >= 15 is 0 Å². The number of hydrogen-bond acceptors (Lipinski definition) is 3. The van der Waals surface area contributed by atoms with Crippen molar-refractivity contribution in [1.82, 2.24) is 14.7 Å². The van der Waals surface area contributed by atoms with Crippen LogP contribution >= 0.6 is 0 Å². The summed E-state index contributed by atoms with van der Waals surface area (Å²) in [7, 11) is 0. The number of pyridine rings is 1. The lowest BCUT2D eigenvalue weighted by Crippen LogP contribution is -2.71. The molecule has 0 amide bonds. The fraction of sp³-hybridized carbons (Fsp3) is 0.417. The molecule has 2 saturated heterocycles. The van der Waals surface area contributed by atoms with Crippen molar-refractivity contribution in [3.05, 3.63) is 30.7 Å². The lowest BCUT2D eigenvalue weighted by atomic mass is 9.74. The SMILES string of the molecule is c1cn2ccc(N3CC4(CNC4)C3)cc2n1. The molecule has 4 heterocycles. The van der Waals surface area contributed by atoms with Gasteiger partial charge in [0.1, 0.15) is 5.65 Å². The Morgan fingerprint density at radius 2 is 2.12 bits per heavy atom. The second-order valence-corrected chi connectivity index (χ2v) is 5.04. The molecule has 4 rings (SSSR count). The predicted molar refractivity (Wildman–Crippen MR) is 62.7 cm³/mol. The summed E-state index contributed by atoms with van der Waals surface area (Å²) in [5.41, 5.74) is 2.92. The zero-order valence-electron chi connectivity index (χ0n) is 9.06. The van der Waals surface area contributed by atoms with Gasteiger partial charge in [0.2, 0.25) is 0 Å². The molecule has 2 fully saturated rings. The van der Waals surface area contributed by atoms with Gasteiger partial charge in [0.05, 0.1) is 0 Å². The molecule has 0 radical (unpaired) electrons. The smallest absolute Gasteiger partial charge is 0.138 e. The molecule has 0 bridgehead atoms. The average Bonchev–Trinajstić information content (AvgIpc) is 2.60. The minimum absolute atomic E-state index is 0.585. The van der Waals surface area contributed by atoms with Gasteiger partial charge < -0.3 is 14.6 Å². The van der Waals surface area contributed by atoms with Crippen molar-refractivity contribution in [1.29, 1.82) is 0 Å². The second kappa shape index (κ2) is 2.77. The first kappa shape index (κ1) is 8.58. The lowest BCUT2D eigenvalue weighted by Gasteiger charge is -2.57. The normalized spacial score (nSPS) is 22.1. The van der Waals surface area contributed by atoms with Crippen LogP contribution in [0.25, 0.3) is 5.65 Å². The Labute approximate surface area is 93.9 Å². The van der Waals surface area contributed by atoms with Gasteiger partial charge in [-0.3, -0.25) is 0 Å². The first-order valence-corrected chi connectivity index (χ1v) is 5.73. The van der Waals surface area contributed by atoms with E-state index in [0.717, 1.165) is 5.65 Å². The van der Waals surface area contributed by atoms with E-state index < -0.39 is 0 Å². The summed E-state index contributed by atoms with van der Waals surface area (Å²) < 4.78 is 2.05.